The van der Waals surface area contributed by atoms with Crippen LogP contribution in [0.4, 0.5) is 0 Å². The molecule has 18 heavy (non-hydrogen) atoms. The van der Waals surface area contributed by atoms with Gasteiger partial charge in [0.15, 0.2) is 0 Å². The predicted molar refractivity (Wildman–Crippen MR) is 72.7 cm³/mol. The third-order valence-electron chi connectivity index (χ3n) is 2.45. The molecule has 0 bridgehead atoms. The number of sulfonamides is 1. The molecule has 0 radical (unpaired) electrons. The van der Waals surface area contributed by atoms with Crippen molar-refractivity contribution in [3.8, 4) is 0 Å². The summed E-state index contributed by atoms with van der Waals surface area (Å²) in [6, 6.07) is 11.0. The number of nitrogens with two attached hydrogens (primary N) is 1. The van der Waals surface area contributed by atoms with Crippen molar-refractivity contribution in [3.63, 3.8) is 0 Å². The predicted octanol–water partition coefficient (Wildman–Crippen LogP) is 1.69. The summed E-state index contributed by atoms with van der Waals surface area (Å²) >= 11 is 1.35. The molecule has 1 heterocycles. The Kier molecular flexibility index (Phi) is 4.13. The normalized spacial score (nSPS) is 11.6. The molecule has 0 saturated carbocycles. The average Bonchev–Trinajstić information content (AvgIpc) is 2.87. The van der Waals surface area contributed by atoms with Crippen LogP contribution < -0.4 is 10.5 Å². The molecule has 1 aromatic carbocycles. The monoisotopic (exact) mass is 282 g/mol. The minimum Gasteiger partial charge on any atom is -0.326 e. The highest BCUT2D eigenvalue weighted by molar-refractivity contribution is 7.89. The highest BCUT2D eigenvalue weighted by Gasteiger charge is 2.15. The van der Waals surface area contributed by atoms with Gasteiger partial charge in [-0.1, -0.05) is 30.3 Å². The maximum atomic E-state index is 12.0. The van der Waals surface area contributed by atoms with Crippen LogP contribution in [0, 0.1) is 0 Å². The first-order valence-electron chi connectivity index (χ1n) is 5.43. The van der Waals surface area contributed by atoms with E-state index in [0.717, 1.165) is 10.4 Å². The molecule has 1 aromatic heterocycles. The van der Waals surface area contributed by atoms with E-state index in [0.29, 0.717) is 6.54 Å². The molecule has 4 nitrogen and oxygen atoms in total. The van der Waals surface area contributed by atoms with Crippen LogP contribution >= 0.6 is 11.3 Å². The molecule has 0 saturated heterocycles. The largest absolute Gasteiger partial charge is 0.326 e. The van der Waals surface area contributed by atoms with Crippen LogP contribution in [0.3, 0.4) is 0 Å². The van der Waals surface area contributed by atoms with Crippen molar-refractivity contribution in [1.82, 2.24) is 4.72 Å². The molecule has 0 spiro atoms. The maximum Gasteiger partial charge on any atom is 0.241 e. The van der Waals surface area contributed by atoms with Gasteiger partial charge >= 0.3 is 0 Å². The summed E-state index contributed by atoms with van der Waals surface area (Å²) < 4.78 is 26.5. The second kappa shape index (κ2) is 5.62. The molecule has 2 aromatic rings. The molecule has 0 amide bonds. The molecule has 96 valence electrons. The van der Waals surface area contributed by atoms with Gasteiger partial charge in [-0.2, -0.15) is 0 Å². The van der Waals surface area contributed by atoms with Gasteiger partial charge in [0.05, 0.1) is 4.90 Å². The fourth-order valence-corrected chi connectivity index (χ4v) is 3.64. The minimum atomic E-state index is -3.44. The molecule has 0 unspecified atom stereocenters. The second-order valence-electron chi connectivity index (χ2n) is 3.76. The van der Waals surface area contributed by atoms with Gasteiger partial charge in [-0.05, 0) is 11.6 Å². The Labute approximate surface area is 111 Å². The van der Waals surface area contributed by atoms with Gasteiger partial charge in [0.1, 0.15) is 0 Å². The first-order valence-corrected chi connectivity index (χ1v) is 7.79. The van der Waals surface area contributed by atoms with Gasteiger partial charge in [-0.3, -0.25) is 0 Å². The van der Waals surface area contributed by atoms with Crippen LogP contribution in [-0.4, -0.2) is 8.42 Å². The molecule has 0 aliphatic heterocycles. The SMILES string of the molecule is NCc1cc(S(=O)(=O)NCc2ccccc2)cs1. The van der Waals surface area contributed by atoms with E-state index in [1.807, 2.05) is 30.3 Å². The van der Waals surface area contributed by atoms with E-state index in [1.54, 1.807) is 11.4 Å². The summed E-state index contributed by atoms with van der Waals surface area (Å²) in [7, 11) is -3.44. The summed E-state index contributed by atoms with van der Waals surface area (Å²) in [4.78, 5) is 1.14. The van der Waals surface area contributed by atoms with Crippen LogP contribution in [0.15, 0.2) is 46.7 Å². The highest BCUT2D eigenvalue weighted by Crippen LogP contribution is 2.18. The van der Waals surface area contributed by atoms with Crippen LogP contribution in [0.2, 0.25) is 0 Å². The zero-order valence-corrected chi connectivity index (χ0v) is 11.3. The van der Waals surface area contributed by atoms with Crippen LogP contribution in [0.1, 0.15) is 10.4 Å². The van der Waals surface area contributed by atoms with Gasteiger partial charge in [0, 0.05) is 23.3 Å². The number of benzene rings is 1. The standard InChI is InChI=1S/C12H14N2O2S2/c13-7-11-6-12(9-17-11)18(15,16)14-8-10-4-2-1-3-5-10/h1-6,9,14H,7-8,13H2. The zero-order valence-electron chi connectivity index (χ0n) is 9.67. The lowest BCUT2D eigenvalue weighted by atomic mass is 10.2. The van der Waals surface area contributed by atoms with Crippen LogP contribution in [-0.2, 0) is 23.1 Å². The number of thiophene rings is 1. The Hall–Kier alpha value is -1.21. The summed E-state index contributed by atoms with van der Waals surface area (Å²) in [5.74, 6) is 0. The van der Waals surface area contributed by atoms with Crippen molar-refractivity contribution in [2.75, 3.05) is 0 Å². The molecule has 0 fully saturated rings. The quantitative estimate of drug-likeness (QED) is 0.876. The van der Waals surface area contributed by atoms with Crippen molar-refractivity contribution in [1.29, 1.82) is 0 Å². The third-order valence-corrected chi connectivity index (χ3v) is 4.94. The molecular weight excluding hydrogens is 268 g/mol. The molecule has 0 aliphatic carbocycles. The molecular formula is C12H14N2O2S2. The summed E-state index contributed by atoms with van der Waals surface area (Å²) in [6.07, 6.45) is 0. The Morgan fingerprint density at radius 3 is 2.56 bits per heavy atom. The Morgan fingerprint density at radius 2 is 1.94 bits per heavy atom. The first-order chi connectivity index (χ1) is 8.62. The Morgan fingerprint density at radius 1 is 1.22 bits per heavy atom. The number of nitrogens with one attached hydrogen (secondary N) is 1. The fourth-order valence-electron chi connectivity index (χ4n) is 1.47. The summed E-state index contributed by atoms with van der Waals surface area (Å²) in [6.45, 7) is 0.649. The lowest BCUT2D eigenvalue weighted by Gasteiger charge is -2.04. The average molecular weight is 282 g/mol. The van der Waals surface area contributed by atoms with Crippen molar-refractivity contribution in [2.24, 2.45) is 5.73 Å². The Bertz CT molecular complexity index is 606. The van der Waals surface area contributed by atoms with Gasteiger partial charge in [-0.15, -0.1) is 11.3 Å². The van der Waals surface area contributed by atoms with Gasteiger partial charge in [0.2, 0.25) is 10.0 Å². The summed E-state index contributed by atoms with van der Waals surface area (Å²) in [5.41, 5.74) is 6.39. The smallest absolute Gasteiger partial charge is 0.241 e. The highest BCUT2D eigenvalue weighted by atomic mass is 32.2. The van der Waals surface area contributed by atoms with Crippen molar-refractivity contribution in [3.05, 3.63) is 52.2 Å². The van der Waals surface area contributed by atoms with Crippen molar-refractivity contribution in [2.45, 2.75) is 18.0 Å². The lowest BCUT2D eigenvalue weighted by Crippen LogP contribution is -2.22. The topological polar surface area (TPSA) is 72.2 Å². The Balaban J connectivity index is 2.08. The fraction of sp³-hybridized carbons (Fsp3) is 0.167. The molecule has 6 heteroatoms. The van der Waals surface area contributed by atoms with Crippen LogP contribution in [0.25, 0.3) is 0 Å². The second-order valence-corrected chi connectivity index (χ2v) is 6.53. The van der Waals surface area contributed by atoms with Gasteiger partial charge in [-0.25, -0.2) is 13.1 Å². The molecule has 3 N–H and O–H groups in total. The van der Waals surface area contributed by atoms with Crippen molar-refractivity contribution < 1.29 is 8.42 Å². The van der Waals surface area contributed by atoms with E-state index in [-0.39, 0.29) is 11.4 Å². The number of hydrogen-bond donors (Lipinski definition) is 2. The van der Waals surface area contributed by atoms with Crippen LogP contribution in [0.5, 0.6) is 0 Å². The molecule has 0 atom stereocenters. The zero-order chi connectivity index (χ0) is 13.0. The van der Waals surface area contributed by atoms with Gasteiger partial charge in [0.25, 0.3) is 0 Å². The third kappa shape index (κ3) is 3.17. The van der Waals surface area contributed by atoms with Crippen molar-refractivity contribution >= 4 is 21.4 Å². The van der Waals surface area contributed by atoms with E-state index in [9.17, 15) is 8.42 Å². The number of rotatable bonds is 5. The lowest BCUT2D eigenvalue weighted by molar-refractivity contribution is 0.581. The van der Waals surface area contributed by atoms with E-state index in [1.165, 1.54) is 11.3 Å². The van der Waals surface area contributed by atoms with Gasteiger partial charge < -0.3 is 5.73 Å². The van der Waals surface area contributed by atoms with E-state index >= 15 is 0 Å². The minimum absolute atomic E-state index is 0.281. The van der Waals surface area contributed by atoms with E-state index < -0.39 is 10.0 Å². The summed E-state index contributed by atoms with van der Waals surface area (Å²) in [5, 5.41) is 1.61. The maximum absolute atomic E-state index is 12.0. The van der Waals surface area contributed by atoms with E-state index in [4.69, 9.17) is 5.73 Å². The first kappa shape index (κ1) is 13.2. The molecule has 0 aliphatic rings. The van der Waals surface area contributed by atoms with E-state index in [2.05, 4.69) is 4.72 Å². The molecule has 2 rings (SSSR count). The number of hydrogen-bond acceptors (Lipinski definition) is 4.